The SMILES string of the molecule is Fc1ccc(-c2nn[nH]n2)cc1CN1CCn2c(nnc2C(F)(F)Cl)C1. The number of aromatic nitrogens is 7. The summed E-state index contributed by atoms with van der Waals surface area (Å²) in [4.78, 5) is 1.89. The van der Waals surface area contributed by atoms with E-state index in [-0.39, 0.29) is 25.5 Å². The molecule has 0 bridgehead atoms. The lowest BCUT2D eigenvalue weighted by Crippen LogP contribution is -2.35. The Labute approximate surface area is 150 Å². The number of rotatable bonds is 4. The highest BCUT2D eigenvalue weighted by atomic mass is 35.5. The van der Waals surface area contributed by atoms with Crippen molar-refractivity contribution in [2.75, 3.05) is 6.54 Å². The lowest BCUT2D eigenvalue weighted by molar-refractivity contribution is 0.0760. The van der Waals surface area contributed by atoms with Crippen molar-refractivity contribution in [3.63, 3.8) is 0 Å². The second-order valence-corrected chi connectivity index (χ2v) is 6.32. The summed E-state index contributed by atoms with van der Waals surface area (Å²) < 4.78 is 42.1. The van der Waals surface area contributed by atoms with Crippen LogP contribution in [0.5, 0.6) is 0 Å². The molecule has 0 saturated carbocycles. The lowest BCUT2D eigenvalue weighted by Gasteiger charge is -2.28. The van der Waals surface area contributed by atoms with Crippen LogP contribution in [0.1, 0.15) is 17.2 Å². The van der Waals surface area contributed by atoms with Gasteiger partial charge >= 0.3 is 5.38 Å². The van der Waals surface area contributed by atoms with Crippen LogP contribution in [-0.4, -0.2) is 46.8 Å². The molecule has 3 aromatic rings. The first-order valence-electron chi connectivity index (χ1n) is 7.65. The Morgan fingerprint density at radius 1 is 1.19 bits per heavy atom. The van der Waals surface area contributed by atoms with Gasteiger partial charge in [-0.25, -0.2) is 4.39 Å². The summed E-state index contributed by atoms with van der Waals surface area (Å²) in [7, 11) is 0. The second-order valence-electron chi connectivity index (χ2n) is 5.84. The maximum Gasteiger partial charge on any atom is 0.381 e. The Balaban J connectivity index is 1.54. The van der Waals surface area contributed by atoms with Crippen molar-refractivity contribution in [1.29, 1.82) is 0 Å². The number of fused-ring (bicyclic) bond motifs is 1. The molecule has 26 heavy (non-hydrogen) atoms. The molecule has 1 aromatic carbocycles. The van der Waals surface area contributed by atoms with E-state index < -0.39 is 11.2 Å². The minimum Gasteiger partial charge on any atom is -0.306 e. The standard InChI is InChI=1S/C14H12ClF3N8/c15-14(17,18)13-22-19-11-7-25(3-4-26(11)13)6-9-5-8(1-2-10(9)16)12-20-23-24-21-12/h1-2,5H,3-4,6-7H2,(H,20,21,23,24). The molecule has 1 aliphatic heterocycles. The highest BCUT2D eigenvalue weighted by molar-refractivity contribution is 6.21. The number of benzene rings is 1. The molecular weight excluding hydrogens is 373 g/mol. The summed E-state index contributed by atoms with van der Waals surface area (Å²) in [5.74, 6) is -0.226. The molecule has 12 heteroatoms. The van der Waals surface area contributed by atoms with Crippen molar-refractivity contribution < 1.29 is 13.2 Å². The van der Waals surface area contributed by atoms with Gasteiger partial charge in [-0.15, -0.1) is 20.4 Å². The van der Waals surface area contributed by atoms with Crippen molar-refractivity contribution in [2.45, 2.75) is 25.0 Å². The van der Waals surface area contributed by atoms with Gasteiger partial charge in [0.05, 0.1) is 6.54 Å². The van der Waals surface area contributed by atoms with Crippen LogP contribution in [0, 0.1) is 5.82 Å². The fraction of sp³-hybridized carbons (Fsp3) is 0.357. The van der Waals surface area contributed by atoms with Crippen LogP contribution in [0.4, 0.5) is 13.2 Å². The summed E-state index contributed by atoms with van der Waals surface area (Å²) in [5, 5.41) is 17.3. The zero-order valence-electron chi connectivity index (χ0n) is 13.2. The van der Waals surface area contributed by atoms with E-state index in [0.29, 0.717) is 29.3 Å². The predicted molar refractivity (Wildman–Crippen MR) is 83.5 cm³/mol. The van der Waals surface area contributed by atoms with Gasteiger partial charge < -0.3 is 4.57 Å². The van der Waals surface area contributed by atoms with Crippen molar-refractivity contribution in [3.8, 4) is 11.4 Å². The maximum absolute atomic E-state index is 14.2. The number of hydrogen-bond donors (Lipinski definition) is 1. The first-order chi connectivity index (χ1) is 12.4. The van der Waals surface area contributed by atoms with Crippen LogP contribution in [-0.2, 0) is 25.0 Å². The molecule has 4 rings (SSSR count). The van der Waals surface area contributed by atoms with Gasteiger partial charge in [-0.3, -0.25) is 4.90 Å². The van der Waals surface area contributed by atoms with Crippen LogP contribution in [0.25, 0.3) is 11.4 Å². The van der Waals surface area contributed by atoms with E-state index in [4.69, 9.17) is 11.6 Å². The van der Waals surface area contributed by atoms with E-state index in [0.717, 1.165) is 0 Å². The Hall–Kier alpha value is -2.53. The van der Waals surface area contributed by atoms with Crippen LogP contribution in [0.15, 0.2) is 18.2 Å². The largest absolute Gasteiger partial charge is 0.381 e. The van der Waals surface area contributed by atoms with Gasteiger partial charge in [0.15, 0.2) is 0 Å². The van der Waals surface area contributed by atoms with E-state index in [1.807, 2.05) is 4.90 Å². The molecule has 1 N–H and O–H groups in total. The molecule has 3 heterocycles. The molecule has 0 spiro atoms. The second kappa shape index (κ2) is 6.32. The van der Waals surface area contributed by atoms with Crippen molar-refractivity contribution in [2.24, 2.45) is 0 Å². The number of hydrogen-bond acceptors (Lipinski definition) is 6. The quantitative estimate of drug-likeness (QED) is 0.691. The van der Waals surface area contributed by atoms with Gasteiger partial charge in [-0.2, -0.15) is 14.0 Å². The molecule has 0 fully saturated rings. The third-order valence-corrected chi connectivity index (χ3v) is 4.30. The number of alkyl halides is 3. The average molecular weight is 385 g/mol. The van der Waals surface area contributed by atoms with Gasteiger partial charge in [0.25, 0.3) is 0 Å². The molecule has 0 aliphatic carbocycles. The van der Waals surface area contributed by atoms with Crippen LogP contribution >= 0.6 is 11.6 Å². The van der Waals surface area contributed by atoms with Crippen LogP contribution in [0.2, 0.25) is 0 Å². The fourth-order valence-corrected chi connectivity index (χ4v) is 3.05. The van der Waals surface area contributed by atoms with E-state index in [1.54, 1.807) is 12.1 Å². The summed E-state index contributed by atoms with van der Waals surface area (Å²) in [6, 6.07) is 4.53. The van der Waals surface area contributed by atoms with Crippen LogP contribution < -0.4 is 0 Å². The molecular formula is C14H12ClF3N8. The first kappa shape index (κ1) is 16.9. The predicted octanol–water partition coefficient (Wildman–Crippen LogP) is 1.90. The van der Waals surface area contributed by atoms with Crippen molar-refractivity contribution in [1.82, 2.24) is 40.3 Å². The maximum atomic E-state index is 14.2. The monoisotopic (exact) mass is 384 g/mol. The number of aromatic amines is 1. The third kappa shape index (κ3) is 3.15. The van der Waals surface area contributed by atoms with Crippen molar-refractivity contribution in [3.05, 3.63) is 41.2 Å². The first-order valence-corrected chi connectivity index (χ1v) is 8.03. The molecule has 0 amide bonds. The highest BCUT2D eigenvalue weighted by Gasteiger charge is 2.37. The van der Waals surface area contributed by atoms with Crippen LogP contribution in [0.3, 0.4) is 0 Å². The summed E-state index contributed by atoms with van der Waals surface area (Å²) >= 11 is 5.05. The van der Waals surface area contributed by atoms with E-state index in [1.165, 1.54) is 10.6 Å². The summed E-state index contributed by atoms with van der Waals surface area (Å²) in [5.41, 5.74) is 1.06. The fourth-order valence-electron chi connectivity index (χ4n) is 2.91. The zero-order chi connectivity index (χ0) is 18.3. The minimum atomic E-state index is -3.57. The minimum absolute atomic E-state index is 0.242. The van der Waals surface area contributed by atoms with Crippen molar-refractivity contribution >= 4 is 11.6 Å². The molecule has 1 aliphatic rings. The Morgan fingerprint density at radius 2 is 2.04 bits per heavy atom. The number of tetrazole rings is 1. The van der Waals surface area contributed by atoms with Gasteiger partial charge in [-0.05, 0) is 35.0 Å². The van der Waals surface area contributed by atoms with E-state index >= 15 is 0 Å². The van der Waals surface area contributed by atoms with E-state index in [9.17, 15) is 13.2 Å². The molecule has 2 aromatic heterocycles. The number of halogens is 4. The number of H-pyrrole nitrogens is 1. The summed E-state index contributed by atoms with van der Waals surface area (Å²) in [6.45, 7) is 1.20. The van der Waals surface area contributed by atoms with Gasteiger partial charge in [0, 0.05) is 30.8 Å². The highest BCUT2D eigenvalue weighted by Crippen LogP contribution is 2.32. The van der Waals surface area contributed by atoms with Gasteiger partial charge in [0.2, 0.25) is 11.6 Å². The van der Waals surface area contributed by atoms with Gasteiger partial charge in [-0.1, -0.05) is 0 Å². The Bertz CT molecular complexity index is 921. The van der Waals surface area contributed by atoms with E-state index in [2.05, 4.69) is 30.8 Å². The molecule has 0 unspecified atom stereocenters. The molecule has 0 radical (unpaired) electrons. The van der Waals surface area contributed by atoms with Gasteiger partial charge in [0.1, 0.15) is 11.6 Å². The average Bonchev–Trinajstić information content (AvgIpc) is 3.25. The third-order valence-electron chi connectivity index (χ3n) is 4.13. The lowest BCUT2D eigenvalue weighted by atomic mass is 10.1. The zero-order valence-corrected chi connectivity index (χ0v) is 14.0. The molecule has 136 valence electrons. The topological polar surface area (TPSA) is 88.4 Å². The normalized spacial score (nSPS) is 15.2. The Morgan fingerprint density at radius 3 is 2.77 bits per heavy atom. The molecule has 8 nitrogen and oxygen atoms in total. The molecule has 0 saturated heterocycles. The Kier molecular flexibility index (Phi) is 4.11. The molecule has 0 atom stereocenters. The summed E-state index contributed by atoms with van der Waals surface area (Å²) in [6.07, 6.45) is 0. The number of nitrogens with zero attached hydrogens (tertiary/aromatic N) is 7. The number of nitrogens with one attached hydrogen (secondary N) is 1. The smallest absolute Gasteiger partial charge is 0.306 e.